The Morgan fingerprint density at radius 2 is 1.07 bits per heavy atom. The summed E-state index contributed by atoms with van der Waals surface area (Å²) in [7, 11) is 0. The fourth-order valence-electron chi connectivity index (χ4n) is 4.68. The van der Waals surface area contributed by atoms with Crippen molar-refractivity contribution in [1.82, 2.24) is 9.80 Å². The highest BCUT2D eigenvalue weighted by Gasteiger charge is 2.23. The molecule has 0 aliphatic heterocycles. The van der Waals surface area contributed by atoms with Gasteiger partial charge in [0.15, 0.2) is 6.29 Å². The van der Waals surface area contributed by atoms with Crippen LogP contribution in [0.4, 0.5) is 0 Å². The van der Waals surface area contributed by atoms with E-state index >= 15 is 0 Å². The number of nitrogens with zero attached hydrogens (tertiary/aromatic N) is 2. The molecule has 7 nitrogen and oxygen atoms in total. The molecule has 0 atom stereocenters. The maximum absolute atomic E-state index is 13.5. The van der Waals surface area contributed by atoms with Crippen molar-refractivity contribution in [3.63, 3.8) is 0 Å². The molecule has 0 radical (unpaired) electrons. The van der Waals surface area contributed by atoms with Crippen molar-refractivity contribution in [3.05, 3.63) is 69.8 Å². The Balaban J connectivity index is 2.37. The molecule has 0 spiro atoms. The van der Waals surface area contributed by atoms with Crippen LogP contribution in [0.3, 0.4) is 0 Å². The van der Waals surface area contributed by atoms with Gasteiger partial charge < -0.3 is 14.9 Å². The smallest absolute Gasteiger partial charge is 0.336 e. The highest BCUT2D eigenvalue weighted by molar-refractivity contribution is 6.05. The van der Waals surface area contributed by atoms with Gasteiger partial charge in [-0.3, -0.25) is 14.4 Å². The summed E-state index contributed by atoms with van der Waals surface area (Å²) in [4.78, 5) is 54.4. The van der Waals surface area contributed by atoms with Gasteiger partial charge in [0.1, 0.15) is 0 Å². The number of carboxylic acid groups (broad SMARTS) is 1. The first-order valence-electron chi connectivity index (χ1n) is 14.8. The minimum Gasteiger partial charge on any atom is -0.478 e. The van der Waals surface area contributed by atoms with Gasteiger partial charge in [0.05, 0.1) is 16.7 Å². The van der Waals surface area contributed by atoms with Gasteiger partial charge in [0.25, 0.3) is 11.8 Å². The molecule has 1 N–H and O–H groups in total. The summed E-state index contributed by atoms with van der Waals surface area (Å²) in [5, 5.41) is 9.79. The van der Waals surface area contributed by atoms with Crippen LogP contribution in [-0.2, 0) is 6.42 Å². The number of hydrogen-bond donors (Lipinski definition) is 1. The first kappa shape index (κ1) is 32.7. The zero-order valence-electron chi connectivity index (χ0n) is 24.7. The molecule has 2 aromatic rings. The van der Waals surface area contributed by atoms with E-state index in [9.17, 15) is 24.3 Å². The van der Waals surface area contributed by atoms with Crippen LogP contribution in [0.2, 0.25) is 0 Å². The molecule has 218 valence electrons. The highest BCUT2D eigenvalue weighted by atomic mass is 16.4. The van der Waals surface area contributed by atoms with Crippen molar-refractivity contribution < 1.29 is 24.3 Å². The molecular weight excluding hydrogens is 504 g/mol. The topological polar surface area (TPSA) is 95.0 Å². The summed E-state index contributed by atoms with van der Waals surface area (Å²) >= 11 is 0. The number of benzene rings is 2. The summed E-state index contributed by atoms with van der Waals surface area (Å²) in [6.45, 7) is 10.8. The van der Waals surface area contributed by atoms with E-state index in [1.165, 1.54) is 6.07 Å². The Hall–Kier alpha value is -3.48. The first-order chi connectivity index (χ1) is 19.3. The summed E-state index contributed by atoms with van der Waals surface area (Å²) in [5.74, 6) is -1.54. The third-order valence-electron chi connectivity index (χ3n) is 7.13. The molecule has 0 bridgehead atoms. The summed E-state index contributed by atoms with van der Waals surface area (Å²) in [6, 6.07) is 10.1. The minimum atomic E-state index is -1.14. The maximum atomic E-state index is 13.5. The van der Waals surface area contributed by atoms with Gasteiger partial charge >= 0.3 is 5.97 Å². The number of carbonyl (C=O) groups excluding carboxylic acids is 3. The van der Waals surface area contributed by atoms with Gasteiger partial charge in [0.2, 0.25) is 0 Å². The van der Waals surface area contributed by atoms with Gasteiger partial charge in [-0.05, 0) is 67.5 Å². The predicted octanol–water partition coefficient (Wildman–Crippen LogP) is 6.87. The number of hydrogen-bond acceptors (Lipinski definition) is 4. The van der Waals surface area contributed by atoms with Crippen LogP contribution in [0.1, 0.15) is 132 Å². The van der Waals surface area contributed by atoms with E-state index < -0.39 is 5.97 Å². The summed E-state index contributed by atoms with van der Waals surface area (Å²) < 4.78 is 0. The van der Waals surface area contributed by atoms with Crippen molar-refractivity contribution in [2.75, 3.05) is 26.2 Å². The van der Waals surface area contributed by atoms with Gasteiger partial charge in [-0.1, -0.05) is 65.5 Å². The molecule has 0 heterocycles. The predicted molar refractivity (Wildman–Crippen MR) is 159 cm³/mol. The van der Waals surface area contributed by atoms with Crippen LogP contribution in [0.5, 0.6) is 0 Å². The summed E-state index contributed by atoms with van der Waals surface area (Å²) in [6.07, 6.45) is 8.48. The Morgan fingerprint density at radius 3 is 1.50 bits per heavy atom. The first-order valence-corrected chi connectivity index (χ1v) is 14.8. The number of aldehydes is 1. The van der Waals surface area contributed by atoms with E-state index in [1.807, 2.05) is 11.0 Å². The van der Waals surface area contributed by atoms with Gasteiger partial charge in [-0.25, -0.2) is 4.79 Å². The standard InChI is InChI=1S/C33H46N2O5/c1-5-9-17-34(18-10-6-2)31(37)28-15-13-25(22-27(28)24-36)21-26-14-16-29(33(39)40)30(23-26)32(38)35(19-11-7-3)20-12-8-4/h13-16,22-24H,5-12,17-21H2,1-4H3,(H,39,40). The Bertz CT molecular complexity index is 1130. The Labute approximate surface area is 239 Å². The highest BCUT2D eigenvalue weighted by Crippen LogP contribution is 2.21. The third kappa shape index (κ3) is 9.32. The normalized spacial score (nSPS) is 10.8. The Kier molecular flexibility index (Phi) is 14.1. The SMILES string of the molecule is CCCCN(CCCC)C(=O)c1ccc(Cc2ccc(C(=O)O)c(C(=O)N(CCCC)CCCC)c2)cc1C=O. The molecule has 2 aromatic carbocycles. The van der Waals surface area contributed by atoms with E-state index in [0.717, 1.165) is 68.8 Å². The molecule has 0 fully saturated rings. The molecule has 7 heteroatoms. The Morgan fingerprint density at radius 1 is 0.650 bits per heavy atom. The largest absolute Gasteiger partial charge is 0.478 e. The molecule has 0 aliphatic rings. The lowest BCUT2D eigenvalue weighted by atomic mass is 9.96. The van der Waals surface area contributed by atoms with Gasteiger partial charge in [-0.2, -0.15) is 0 Å². The lowest BCUT2D eigenvalue weighted by Crippen LogP contribution is -2.34. The molecule has 2 rings (SSSR count). The number of unbranched alkanes of at least 4 members (excludes halogenated alkanes) is 4. The molecule has 40 heavy (non-hydrogen) atoms. The van der Waals surface area contributed by atoms with Crippen LogP contribution in [0.15, 0.2) is 36.4 Å². The van der Waals surface area contributed by atoms with Crippen molar-refractivity contribution in [1.29, 1.82) is 0 Å². The molecule has 0 saturated heterocycles. The second-order valence-corrected chi connectivity index (χ2v) is 10.4. The van der Waals surface area contributed by atoms with Crippen LogP contribution in [0.25, 0.3) is 0 Å². The van der Waals surface area contributed by atoms with Crippen LogP contribution < -0.4 is 0 Å². The monoisotopic (exact) mass is 550 g/mol. The average molecular weight is 551 g/mol. The molecule has 0 aromatic heterocycles. The van der Waals surface area contributed by atoms with Crippen molar-refractivity contribution in [2.45, 2.75) is 85.5 Å². The second-order valence-electron chi connectivity index (χ2n) is 10.4. The van der Waals surface area contributed by atoms with E-state index in [0.29, 0.717) is 43.7 Å². The van der Waals surface area contributed by atoms with E-state index in [1.54, 1.807) is 29.2 Å². The van der Waals surface area contributed by atoms with Crippen molar-refractivity contribution >= 4 is 24.1 Å². The molecule has 2 amide bonds. The lowest BCUT2D eigenvalue weighted by molar-refractivity contribution is 0.0673. The fraction of sp³-hybridized carbons (Fsp3) is 0.515. The lowest BCUT2D eigenvalue weighted by Gasteiger charge is -2.24. The minimum absolute atomic E-state index is 0.0134. The molecule has 0 aliphatic carbocycles. The number of amides is 2. The van der Waals surface area contributed by atoms with E-state index in [4.69, 9.17) is 0 Å². The zero-order chi connectivity index (χ0) is 29.5. The number of carboxylic acids is 1. The average Bonchev–Trinajstić information content (AvgIpc) is 2.96. The van der Waals surface area contributed by atoms with Crippen LogP contribution in [0, 0.1) is 0 Å². The van der Waals surface area contributed by atoms with Gasteiger partial charge in [0, 0.05) is 31.7 Å². The second kappa shape index (κ2) is 17.3. The van der Waals surface area contributed by atoms with Crippen LogP contribution >= 0.6 is 0 Å². The quantitative estimate of drug-likeness (QED) is 0.204. The maximum Gasteiger partial charge on any atom is 0.336 e. The molecule has 0 saturated carbocycles. The fourth-order valence-corrected chi connectivity index (χ4v) is 4.68. The number of aromatic carboxylic acids is 1. The van der Waals surface area contributed by atoms with Gasteiger partial charge in [-0.15, -0.1) is 0 Å². The van der Waals surface area contributed by atoms with Crippen LogP contribution in [-0.4, -0.2) is 65.2 Å². The van der Waals surface area contributed by atoms with E-state index in [-0.39, 0.29) is 22.9 Å². The zero-order valence-corrected chi connectivity index (χ0v) is 24.7. The summed E-state index contributed by atoms with van der Waals surface area (Å²) in [5.41, 5.74) is 2.47. The molecule has 0 unspecified atom stereocenters. The number of carbonyl (C=O) groups is 4. The third-order valence-corrected chi connectivity index (χ3v) is 7.13. The van der Waals surface area contributed by atoms with E-state index in [2.05, 4.69) is 27.7 Å². The van der Waals surface area contributed by atoms with Crippen molar-refractivity contribution in [3.8, 4) is 0 Å². The van der Waals surface area contributed by atoms with Crippen molar-refractivity contribution in [2.24, 2.45) is 0 Å². The number of rotatable bonds is 18. The molecular formula is C33H46N2O5.